The van der Waals surface area contributed by atoms with Crippen LogP contribution < -0.4 is 4.90 Å². The van der Waals surface area contributed by atoms with Gasteiger partial charge in [-0.25, -0.2) is 0 Å². The zero-order valence-electron chi connectivity index (χ0n) is 35.5. The highest BCUT2D eigenvalue weighted by atomic mass is 15.1. The third-order valence-corrected chi connectivity index (χ3v) is 25.7. The molecule has 0 saturated heterocycles. The largest absolute Gasteiger partial charge is 0.373 e. The molecule has 0 fully saturated rings. The maximum Gasteiger partial charge on any atom is 0.0652 e. The number of hydrogen-bond acceptors (Lipinski definition) is 1. The highest BCUT2D eigenvalue weighted by Gasteiger charge is 2.72. The molecule has 1 heteroatoms. The molecule has 0 unspecified atom stereocenters. The van der Waals surface area contributed by atoms with Gasteiger partial charge in [0.1, 0.15) is 0 Å². The first-order chi connectivity index (χ1) is 34.3. The maximum atomic E-state index is 2.77. The second-order valence-corrected chi connectivity index (χ2v) is 25.8. The van der Waals surface area contributed by atoms with E-state index in [0.717, 1.165) is 6.54 Å². The molecule has 29 aromatic carbocycles. The summed E-state index contributed by atoms with van der Waals surface area (Å²) in [6.45, 7) is 1.01. The molecule has 69 heavy (non-hydrogen) atoms. The van der Waals surface area contributed by atoms with E-state index in [4.69, 9.17) is 0 Å². The van der Waals surface area contributed by atoms with Crippen LogP contribution >= 0.6 is 0 Å². The summed E-state index contributed by atoms with van der Waals surface area (Å²) >= 11 is 0. The van der Waals surface area contributed by atoms with Gasteiger partial charge in [-0.1, -0.05) is 18.2 Å². The van der Waals surface area contributed by atoms with E-state index in [2.05, 4.69) is 36.2 Å². The molecule has 1 nitrogen and oxygen atoms in total. The number of benzene rings is 19. The minimum absolute atomic E-state index is 0.276. The third kappa shape index (κ3) is 1.29. The van der Waals surface area contributed by atoms with Gasteiger partial charge in [0.2, 0.25) is 0 Å². The molecular weight excluding hydrogens is 831 g/mol. The fourth-order valence-corrected chi connectivity index (χ4v) is 25.7. The quantitative estimate of drug-likeness (QED) is 0.138. The van der Waals surface area contributed by atoms with Gasteiger partial charge < -0.3 is 4.90 Å². The molecule has 0 aromatic heterocycles. The van der Waals surface area contributed by atoms with Crippen molar-refractivity contribution in [3.05, 3.63) is 52.1 Å². The van der Waals surface area contributed by atoms with E-state index < -0.39 is 0 Å². The molecule has 0 atom stereocenters. The molecule has 5 aliphatic rings. The van der Waals surface area contributed by atoms with Gasteiger partial charge in [-0.2, -0.15) is 0 Å². The number of hydrogen-bond donors (Lipinski definition) is 0. The zero-order chi connectivity index (χ0) is 40.8. The van der Waals surface area contributed by atoms with E-state index in [9.17, 15) is 0 Å². The second kappa shape index (κ2) is 5.55. The monoisotopic (exact) mass is 839 g/mol. The van der Waals surface area contributed by atoms with Crippen molar-refractivity contribution in [2.75, 3.05) is 18.5 Å². The van der Waals surface area contributed by atoms with Crippen LogP contribution in [0.3, 0.4) is 0 Å². The van der Waals surface area contributed by atoms with Crippen LogP contribution in [-0.2, 0) is 10.8 Å². The topological polar surface area (TPSA) is 3.24 Å². The van der Waals surface area contributed by atoms with Crippen LogP contribution in [0.15, 0.2) is 24.3 Å². The molecule has 4 aliphatic carbocycles. The Morgan fingerprint density at radius 1 is 0.246 bits per heavy atom. The van der Waals surface area contributed by atoms with Gasteiger partial charge in [0.25, 0.3) is 0 Å². The van der Waals surface area contributed by atoms with Crippen LogP contribution in [0.25, 0.3) is 291 Å². The summed E-state index contributed by atoms with van der Waals surface area (Å²) in [4.78, 5) is 2.77. The highest BCUT2D eigenvalue weighted by Crippen LogP contribution is 2.86. The number of rotatable bonds is 0. The van der Waals surface area contributed by atoms with Gasteiger partial charge >= 0.3 is 0 Å². The number of anilines is 1. The van der Waals surface area contributed by atoms with Crippen LogP contribution in [0.4, 0.5) is 5.69 Å². The second-order valence-electron chi connectivity index (χ2n) is 25.8. The van der Waals surface area contributed by atoms with Gasteiger partial charge in [-0.05, 0) is 325 Å². The van der Waals surface area contributed by atoms with Gasteiger partial charge in [0.05, 0.1) is 10.8 Å². The van der Waals surface area contributed by atoms with Crippen molar-refractivity contribution in [3.63, 3.8) is 0 Å². The summed E-state index contributed by atoms with van der Waals surface area (Å²) in [5, 5.41) is 90.3. The van der Waals surface area contributed by atoms with Crippen LogP contribution in [0, 0.1) is 0 Å². The lowest BCUT2D eigenvalue weighted by atomic mass is 9.45. The Morgan fingerprint density at radius 3 is 0.667 bits per heavy atom. The molecule has 2 spiro atoms. The van der Waals surface area contributed by atoms with E-state index in [0.29, 0.717) is 0 Å². The average Bonchev–Trinajstić information content (AvgIpc) is 4.40. The van der Waals surface area contributed by atoms with Crippen LogP contribution in [0.1, 0.15) is 27.8 Å². The smallest absolute Gasteiger partial charge is 0.0652 e. The van der Waals surface area contributed by atoms with Crippen molar-refractivity contribution in [2.45, 2.75) is 10.8 Å². The molecule has 1 heterocycles. The summed E-state index contributed by atoms with van der Waals surface area (Å²) in [6, 6.07) is 9.99. The Kier molecular flexibility index (Phi) is 2.01. The lowest BCUT2D eigenvalue weighted by molar-refractivity contribution is 0.363. The molecule has 29 aromatic rings. The molecule has 0 saturated carbocycles. The van der Waals surface area contributed by atoms with E-state index in [-0.39, 0.29) is 10.8 Å². The summed E-state index contributed by atoms with van der Waals surface area (Å²) in [7, 11) is 2.48. The van der Waals surface area contributed by atoms with E-state index in [1.807, 2.05) is 0 Å². The van der Waals surface area contributed by atoms with Crippen LogP contribution in [0.5, 0.6) is 0 Å². The minimum atomic E-state index is -0.346. The standard InChI is InChI=1S/C68H9N/c1-69-6-67-63-55-47-37-27-19-11-9-10-13-17-15(11)23-31-25(17)35-29-21(13)22-14(10)18-16-12(9)20(19)28-34-24(16)32-26(18)36-30(22)40-39(29)51-45(35)53-43(31)49(41(47)33(23)27)57(63)59(53)65-61(51)62-52(40)46(36)54-44(32)50-42(34)48(38(28)37)56(55)64(67)58(50)60(54)66(62)68(65,67)7-4-2-3-5-8(7)69/h2-5H,6H2,1H3. The molecule has 0 N–H and O–H groups in total. The first-order valence-corrected chi connectivity index (χ1v) is 25.9. The third-order valence-electron chi connectivity index (χ3n) is 25.7. The Bertz CT molecular complexity index is 7180. The van der Waals surface area contributed by atoms with Crippen LogP contribution in [-0.4, -0.2) is 13.6 Å². The van der Waals surface area contributed by atoms with E-state index in [1.165, 1.54) is 5.69 Å². The number of para-hydroxylation sites is 1. The summed E-state index contributed by atoms with van der Waals surface area (Å²) in [6.07, 6.45) is 0. The molecule has 1 aliphatic heterocycles. The average molecular weight is 840 g/mol. The molecule has 286 valence electrons. The Balaban J connectivity index is 1.23. The summed E-state index contributed by atoms with van der Waals surface area (Å²) < 4.78 is 0. The summed E-state index contributed by atoms with van der Waals surface area (Å²) in [5.41, 5.74) is 9.45. The van der Waals surface area contributed by atoms with Gasteiger partial charge in [-0.15, -0.1) is 0 Å². The van der Waals surface area contributed by atoms with Crippen molar-refractivity contribution >= 4 is 297 Å². The number of fused-ring (bicyclic) bond motifs is 1. The molecular formula is C68H9N. The number of nitrogens with zero attached hydrogens (tertiary/aromatic N) is 1. The highest BCUT2D eigenvalue weighted by molar-refractivity contribution is 6.82. The van der Waals surface area contributed by atoms with Crippen molar-refractivity contribution in [1.29, 1.82) is 0 Å². The Hall–Kier alpha value is -8.52. The number of likely N-dealkylation sites (N-methyl/N-ethyl adjacent to an activating group) is 1. The predicted octanol–water partition coefficient (Wildman–Crippen LogP) is 17.8. The van der Waals surface area contributed by atoms with Crippen molar-refractivity contribution in [2.24, 2.45) is 0 Å². The molecule has 0 amide bonds. The fourth-order valence-electron chi connectivity index (χ4n) is 25.7. The first kappa shape index (κ1) is 25.0. The van der Waals surface area contributed by atoms with Gasteiger partial charge in [-0.3, -0.25) is 0 Å². The normalized spacial score (nSPS) is 22.6. The molecule has 0 radical (unpaired) electrons. The fraction of sp³-hybridized carbons (Fsp3) is 0.0588. The van der Waals surface area contributed by atoms with Crippen molar-refractivity contribution in [1.82, 2.24) is 0 Å². The Labute approximate surface area is 376 Å². The maximum absolute atomic E-state index is 2.77. The van der Waals surface area contributed by atoms with Crippen molar-refractivity contribution in [3.8, 4) is 0 Å². The predicted molar refractivity (Wildman–Crippen MR) is 293 cm³/mol. The zero-order valence-corrected chi connectivity index (χ0v) is 35.5. The van der Waals surface area contributed by atoms with Gasteiger partial charge in [0.15, 0.2) is 0 Å². The van der Waals surface area contributed by atoms with Crippen LogP contribution in [0.2, 0.25) is 0 Å². The van der Waals surface area contributed by atoms with E-state index in [1.54, 1.807) is 319 Å². The molecule has 34 rings (SSSR count). The Morgan fingerprint density at radius 2 is 0.435 bits per heavy atom. The van der Waals surface area contributed by atoms with Crippen molar-refractivity contribution < 1.29 is 0 Å². The SMILES string of the molecule is CN1CC23c4c5c6c7c8c9c(c%10c%11c2c2c4c4c%12c5c5c6c6c8c8c%13c9c9c%10c%10c%11c%11c2c2c4c4c%12c%12c5c5c6c8c6c8c%13c9c9c%10c%10c%11c2c2c4c4c%12c5c6c5c8c9c%10c2c45)C73c2ccccc21. The lowest BCUT2D eigenvalue weighted by Gasteiger charge is -2.59. The van der Waals surface area contributed by atoms with Gasteiger partial charge in [0, 0.05) is 19.3 Å². The minimum Gasteiger partial charge on any atom is -0.373 e. The summed E-state index contributed by atoms with van der Waals surface area (Å²) in [5.74, 6) is 0. The lowest BCUT2D eigenvalue weighted by Crippen LogP contribution is -2.61. The molecule has 0 bridgehead atoms. The van der Waals surface area contributed by atoms with E-state index >= 15 is 0 Å². The first-order valence-electron chi connectivity index (χ1n) is 25.9.